The number of ketones is 1. The lowest BCUT2D eigenvalue weighted by atomic mass is 10.2. The van der Waals surface area contributed by atoms with E-state index in [2.05, 4.69) is 0 Å². The lowest BCUT2D eigenvalue weighted by Gasteiger charge is -1.97. The molecule has 1 aromatic rings. The van der Waals surface area contributed by atoms with Gasteiger partial charge in [-0.05, 0) is 6.07 Å². The van der Waals surface area contributed by atoms with Crippen molar-refractivity contribution in [3.05, 3.63) is 24.0 Å². The molecule has 4 heteroatoms. The highest BCUT2D eigenvalue weighted by Gasteiger charge is 2.08. The lowest BCUT2D eigenvalue weighted by molar-refractivity contribution is 0.0705. The Kier molecular flexibility index (Phi) is 2.58. The Morgan fingerprint density at radius 3 is 2.75 bits per heavy atom. The Morgan fingerprint density at radius 1 is 1.67 bits per heavy atom. The molecule has 0 fully saturated rings. The van der Waals surface area contributed by atoms with Crippen molar-refractivity contribution < 1.29 is 13.6 Å². The largest absolute Gasteiger partial charge is 0.318 e. The molecule has 12 heavy (non-hydrogen) atoms. The second kappa shape index (κ2) is 3.47. The lowest BCUT2D eigenvalue weighted by Crippen LogP contribution is -1.96. The molecule has 0 spiro atoms. The number of carbonyl (C=O) groups is 1. The van der Waals surface area contributed by atoms with Crippen LogP contribution < -0.4 is 0 Å². The van der Waals surface area contributed by atoms with Gasteiger partial charge in [-0.15, -0.1) is 0 Å². The molecule has 0 unspecified atom stereocenters. The van der Waals surface area contributed by atoms with Gasteiger partial charge in [0.1, 0.15) is 0 Å². The van der Waals surface area contributed by atoms with Gasteiger partial charge in [-0.3, -0.25) is 9.36 Å². The number of rotatable bonds is 3. The normalized spacial score (nSPS) is 10.7. The van der Waals surface area contributed by atoms with Gasteiger partial charge < -0.3 is 0 Å². The van der Waals surface area contributed by atoms with Gasteiger partial charge in [0.15, 0.2) is 5.78 Å². The van der Waals surface area contributed by atoms with Crippen molar-refractivity contribution in [1.29, 1.82) is 0 Å². The quantitative estimate of drug-likeness (QED) is 0.643. The van der Waals surface area contributed by atoms with Gasteiger partial charge in [0.2, 0.25) is 0 Å². The fourth-order valence-corrected chi connectivity index (χ4v) is 0.904. The highest BCUT2D eigenvalue weighted by atomic mass is 19.3. The standard InChI is InChI=1S/C8H9F2NO/c1-2-7(12)6-3-4-11(5-6)8(9)10/h3-5,8H,2H2,1H3. The number of hydrogen-bond donors (Lipinski definition) is 0. The van der Waals surface area contributed by atoms with Crippen LogP contribution in [0.5, 0.6) is 0 Å². The molecule has 1 heterocycles. The van der Waals surface area contributed by atoms with Gasteiger partial charge in [0, 0.05) is 24.4 Å². The van der Waals surface area contributed by atoms with Crippen molar-refractivity contribution in [2.75, 3.05) is 0 Å². The summed E-state index contributed by atoms with van der Waals surface area (Å²) < 4.78 is 24.7. The van der Waals surface area contributed by atoms with Gasteiger partial charge >= 0.3 is 6.55 Å². The van der Waals surface area contributed by atoms with Gasteiger partial charge in [0.05, 0.1) is 0 Å². The SMILES string of the molecule is CCC(=O)c1ccn(C(F)F)c1. The number of halogens is 2. The van der Waals surface area contributed by atoms with E-state index < -0.39 is 6.55 Å². The van der Waals surface area contributed by atoms with E-state index in [9.17, 15) is 13.6 Å². The molecule has 66 valence electrons. The highest BCUT2D eigenvalue weighted by molar-refractivity contribution is 5.95. The molecule has 0 saturated heterocycles. The number of carbonyl (C=O) groups excluding carboxylic acids is 1. The molecular formula is C8H9F2NO. The van der Waals surface area contributed by atoms with Gasteiger partial charge in [-0.1, -0.05) is 6.92 Å². The first-order valence-electron chi connectivity index (χ1n) is 3.64. The van der Waals surface area contributed by atoms with E-state index in [0.717, 1.165) is 6.20 Å². The van der Waals surface area contributed by atoms with Crippen LogP contribution in [0.3, 0.4) is 0 Å². The van der Waals surface area contributed by atoms with Crippen molar-refractivity contribution in [2.24, 2.45) is 0 Å². The smallest absolute Gasteiger partial charge is 0.298 e. The van der Waals surface area contributed by atoms with Crippen LogP contribution in [0.2, 0.25) is 0 Å². The summed E-state index contributed by atoms with van der Waals surface area (Å²) in [6, 6.07) is 1.40. The van der Waals surface area contributed by atoms with E-state index in [4.69, 9.17) is 0 Å². The molecule has 0 radical (unpaired) electrons. The Hall–Kier alpha value is -1.19. The zero-order chi connectivity index (χ0) is 9.14. The summed E-state index contributed by atoms with van der Waals surface area (Å²) in [5.74, 6) is -0.116. The van der Waals surface area contributed by atoms with Crippen LogP contribution in [0, 0.1) is 0 Å². The molecule has 0 aliphatic heterocycles. The van der Waals surface area contributed by atoms with Crippen LogP contribution in [0.4, 0.5) is 8.78 Å². The first-order chi connectivity index (χ1) is 5.65. The van der Waals surface area contributed by atoms with Gasteiger partial charge in [0.25, 0.3) is 0 Å². The Morgan fingerprint density at radius 2 is 2.33 bits per heavy atom. The van der Waals surface area contributed by atoms with E-state index >= 15 is 0 Å². The summed E-state index contributed by atoms with van der Waals surface area (Å²) in [6.07, 6.45) is 2.71. The monoisotopic (exact) mass is 173 g/mol. The molecule has 0 saturated carbocycles. The van der Waals surface area contributed by atoms with Crippen molar-refractivity contribution in [3.63, 3.8) is 0 Å². The third kappa shape index (κ3) is 1.69. The molecule has 0 atom stereocenters. The van der Waals surface area contributed by atoms with Crippen LogP contribution in [-0.2, 0) is 0 Å². The minimum atomic E-state index is -2.57. The van der Waals surface area contributed by atoms with Crippen LogP contribution in [-0.4, -0.2) is 10.4 Å². The number of Topliss-reactive ketones (excluding diaryl/α,β-unsaturated/α-hetero) is 1. The van der Waals surface area contributed by atoms with Crippen LogP contribution in [0.25, 0.3) is 0 Å². The van der Waals surface area contributed by atoms with Crippen LogP contribution in [0.15, 0.2) is 18.5 Å². The van der Waals surface area contributed by atoms with Crippen molar-refractivity contribution in [3.8, 4) is 0 Å². The first kappa shape index (κ1) is 8.90. The fraction of sp³-hybridized carbons (Fsp3) is 0.375. The molecule has 0 aliphatic rings. The topological polar surface area (TPSA) is 22.0 Å². The number of hydrogen-bond acceptors (Lipinski definition) is 1. The first-order valence-corrected chi connectivity index (χ1v) is 3.64. The average molecular weight is 173 g/mol. The second-order valence-electron chi connectivity index (χ2n) is 2.40. The van der Waals surface area contributed by atoms with E-state index in [1.54, 1.807) is 6.92 Å². The molecule has 0 bridgehead atoms. The number of aromatic nitrogens is 1. The van der Waals surface area contributed by atoms with E-state index in [-0.39, 0.29) is 5.78 Å². The predicted molar refractivity (Wildman–Crippen MR) is 40.3 cm³/mol. The van der Waals surface area contributed by atoms with Crippen LogP contribution >= 0.6 is 0 Å². The zero-order valence-electron chi connectivity index (χ0n) is 6.63. The average Bonchev–Trinajstić information content (AvgIpc) is 2.51. The molecular weight excluding hydrogens is 164 g/mol. The Labute approximate surface area is 68.8 Å². The maximum Gasteiger partial charge on any atom is 0.318 e. The Balaban J connectivity index is 2.84. The summed E-state index contributed by atoms with van der Waals surface area (Å²) in [5.41, 5.74) is 0.345. The molecule has 2 nitrogen and oxygen atoms in total. The summed E-state index contributed by atoms with van der Waals surface area (Å²) in [4.78, 5) is 11.0. The van der Waals surface area contributed by atoms with E-state index in [1.165, 1.54) is 12.3 Å². The number of nitrogens with zero attached hydrogens (tertiary/aromatic N) is 1. The third-order valence-corrected chi connectivity index (χ3v) is 1.58. The third-order valence-electron chi connectivity index (χ3n) is 1.58. The van der Waals surface area contributed by atoms with Crippen LogP contribution in [0.1, 0.15) is 30.3 Å². The van der Waals surface area contributed by atoms with Crippen molar-refractivity contribution >= 4 is 5.78 Å². The fourth-order valence-electron chi connectivity index (χ4n) is 0.904. The summed E-state index contributed by atoms with van der Waals surface area (Å²) in [6.45, 7) is -0.870. The molecule has 1 aromatic heterocycles. The summed E-state index contributed by atoms with van der Waals surface area (Å²) >= 11 is 0. The summed E-state index contributed by atoms with van der Waals surface area (Å²) in [7, 11) is 0. The Bertz CT molecular complexity index is 280. The molecule has 0 amide bonds. The minimum absolute atomic E-state index is 0.116. The van der Waals surface area contributed by atoms with E-state index in [1.807, 2.05) is 0 Å². The van der Waals surface area contributed by atoms with Crippen molar-refractivity contribution in [1.82, 2.24) is 4.57 Å². The maximum atomic E-state index is 12.0. The summed E-state index contributed by atoms with van der Waals surface area (Å²) in [5, 5.41) is 0. The highest BCUT2D eigenvalue weighted by Crippen LogP contribution is 2.13. The molecule has 0 N–H and O–H groups in total. The number of alkyl halides is 2. The van der Waals surface area contributed by atoms with Gasteiger partial charge in [-0.2, -0.15) is 8.78 Å². The van der Waals surface area contributed by atoms with E-state index in [0.29, 0.717) is 16.6 Å². The predicted octanol–water partition coefficient (Wildman–Crippen LogP) is 2.48. The molecule has 0 aliphatic carbocycles. The minimum Gasteiger partial charge on any atom is -0.298 e. The molecule has 1 rings (SSSR count). The van der Waals surface area contributed by atoms with Crippen molar-refractivity contribution in [2.45, 2.75) is 19.9 Å². The second-order valence-corrected chi connectivity index (χ2v) is 2.40. The van der Waals surface area contributed by atoms with Gasteiger partial charge in [-0.25, -0.2) is 0 Å². The maximum absolute atomic E-state index is 12.0. The molecule has 0 aromatic carbocycles. The zero-order valence-corrected chi connectivity index (χ0v) is 6.63.